The van der Waals surface area contributed by atoms with Crippen LogP contribution in [-0.2, 0) is 6.42 Å². The third kappa shape index (κ3) is 2.17. The molecule has 0 saturated carbocycles. The molecule has 1 N–H and O–H groups in total. The second kappa shape index (κ2) is 4.72. The highest BCUT2D eigenvalue weighted by Gasteiger charge is 2.17. The van der Waals surface area contributed by atoms with Crippen LogP contribution in [0.1, 0.15) is 15.9 Å². The minimum Gasteiger partial charge on any atom is -0.384 e. The number of hydrogen-bond donors (Lipinski definition) is 1. The standard InChI is InChI=1S/C15H15N3O/c1-18(14-4-2-3-8-17-14)15(19)12-5-6-13-11(10-12)7-9-16-13/h2-6,8,10,16H,7,9H2,1H3. The van der Waals surface area contributed by atoms with E-state index in [4.69, 9.17) is 0 Å². The molecule has 96 valence electrons. The van der Waals surface area contributed by atoms with E-state index < -0.39 is 0 Å². The minimum atomic E-state index is -0.0339. The average molecular weight is 253 g/mol. The Bertz CT molecular complexity index is 610. The second-order valence-electron chi connectivity index (χ2n) is 4.60. The van der Waals surface area contributed by atoms with Gasteiger partial charge in [-0.25, -0.2) is 4.98 Å². The highest BCUT2D eigenvalue weighted by atomic mass is 16.2. The van der Waals surface area contributed by atoms with Gasteiger partial charge >= 0.3 is 0 Å². The predicted molar refractivity (Wildman–Crippen MR) is 75.6 cm³/mol. The first kappa shape index (κ1) is 11.7. The van der Waals surface area contributed by atoms with Gasteiger partial charge in [0.2, 0.25) is 0 Å². The number of carbonyl (C=O) groups excluding carboxylic acids is 1. The zero-order valence-corrected chi connectivity index (χ0v) is 10.8. The van der Waals surface area contributed by atoms with Crippen molar-refractivity contribution in [2.45, 2.75) is 6.42 Å². The van der Waals surface area contributed by atoms with Gasteiger partial charge in [-0.3, -0.25) is 9.69 Å². The smallest absolute Gasteiger partial charge is 0.259 e. The van der Waals surface area contributed by atoms with Crippen LogP contribution in [0.4, 0.5) is 11.5 Å². The molecule has 0 radical (unpaired) electrons. The molecule has 1 aliphatic heterocycles. The molecule has 2 aromatic rings. The van der Waals surface area contributed by atoms with Crippen molar-refractivity contribution < 1.29 is 4.79 Å². The Hall–Kier alpha value is -2.36. The van der Waals surface area contributed by atoms with E-state index in [9.17, 15) is 4.79 Å². The third-order valence-electron chi connectivity index (χ3n) is 3.36. The monoisotopic (exact) mass is 253 g/mol. The molecular weight excluding hydrogens is 238 g/mol. The molecule has 0 atom stereocenters. The predicted octanol–water partition coefficient (Wildman–Crippen LogP) is 2.33. The molecule has 0 unspecified atom stereocenters. The number of pyridine rings is 1. The summed E-state index contributed by atoms with van der Waals surface area (Å²) in [6.45, 7) is 0.947. The van der Waals surface area contributed by atoms with Crippen LogP contribution in [0.5, 0.6) is 0 Å². The van der Waals surface area contributed by atoms with Gasteiger partial charge in [-0.05, 0) is 42.3 Å². The minimum absolute atomic E-state index is 0.0339. The van der Waals surface area contributed by atoms with Crippen molar-refractivity contribution in [1.82, 2.24) is 4.98 Å². The number of hydrogen-bond acceptors (Lipinski definition) is 3. The maximum absolute atomic E-state index is 12.4. The van der Waals surface area contributed by atoms with Crippen molar-refractivity contribution >= 4 is 17.4 Å². The molecule has 4 nitrogen and oxygen atoms in total. The lowest BCUT2D eigenvalue weighted by Gasteiger charge is -2.16. The Morgan fingerprint density at radius 3 is 3.00 bits per heavy atom. The molecule has 0 fully saturated rings. The summed E-state index contributed by atoms with van der Waals surface area (Å²) in [6.07, 6.45) is 2.66. The van der Waals surface area contributed by atoms with E-state index in [0.717, 1.165) is 18.7 Å². The molecule has 1 aliphatic rings. The molecule has 4 heteroatoms. The molecule has 3 rings (SSSR count). The van der Waals surface area contributed by atoms with Gasteiger partial charge in [0, 0.05) is 31.0 Å². The largest absolute Gasteiger partial charge is 0.384 e. The number of aromatic nitrogens is 1. The summed E-state index contributed by atoms with van der Waals surface area (Å²) in [5, 5.41) is 3.29. The van der Waals surface area contributed by atoms with E-state index in [0.29, 0.717) is 11.4 Å². The van der Waals surface area contributed by atoms with Gasteiger partial charge < -0.3 is 5.32 Å². The van der Waals surface area contributed by atoms with Crippen LogP contribution in [0, 0.1) is 0 Å². The van der Waals surface area contributed by atoms with Gasteiger partial charge in [0.25, 0.3) is 5.91 Å². The first-order valence-corrected chi connectivity index (χ1v) is 6.31. The molecule has 1 aromatic heterocycles. The first-order chi connectivity index (χ1) is 9.25. The molecule has 19 heavy (non-hydrogen) atoms. The molecular formula is C15H15N3O. The van der Waals surface area contributed by atoms with Gasteiger partial charge in [-0.15, -0.1) is 0 Å². The van der Waals surface area contributed by atoms with Crippen LogP contribution in [0.2, 0.25) is 0 Å². The lowest BCUT2D eigenvalue weighted by molar-refractivity contribution is 0.0992. The number of carbonyl (C=O) groups is 1. The van der Waals surface area contributed by atoms with Crippen LogP contribution in [0.3, 0.4) is 0 Å². The number of rotatable bonds is 2. The molecule has 2 heterocycles. The van der Waals surface area contributed by atoms with E-state index in [1.807, 2.05) is 36.4 Å². The Morgan fingerprint density at radius 2 is 2.21 bits per heavy atom. The average Bonchev–Trinajstić information content (AvgIpc) is 2.94. The summed E-state index contributed by atoms with van der Waals surface area (Å²) < 4.78 is 0. The summed E-state index contributed by atoms with van der Waals surface area (Å²) in [4.78, 5) is 18.2. The molecule has 1 aromatic carbocycles. The van der Waals surface area contributed by atoms with Crippen LogP contribution >= 0.6 is 0 Å². The highest BCUT2D eigenvalue weighted by Crippen LogP contribution is 2.24. The third-order valence-corrected chi connectivity index (χ3v) is 3.36. The number of anilines is 2. The van der Waals surface area contributed by atoms with Gasteiger partial charge in [0.1, 0.15) is 5.82 Å². The number of nitrogens with one attached hydrogen (secondary N) is 1. The zero-order valence-electron chi connectivity index (χ0n) is 10.8. The Labute approximate surface area is 112 Å². The van der Waals surface area contributed by atoms with Gasteiger partial charge in [-0.2, -0.15) is 0 Å². The summed E-state index contributed by atoms with van der Waals surface area (Å²) in [5.74, 6) is 0.625. The number of benzene rings is 1. The quantitative estimate of drug-likeness (QED) is 0.893. The molecule has 0 saturated heterocycles. The Balaban J connectivity index is 1.88. The fourth-order valence-electron chi connectivity index (χ4n) is 2.29. The fourth-order valence-corrected chi connectivity index (χ4v) is 2.29. The van der Waals surface area contributed by atoms with Crippen molar-refractivity contribution in [3.63, 3.8) is 0 Å². The Kier molecular flexibility index (Phi) is 2.91. The summed E-state index contributed by atoms with van der Waals surface area (Å²) in [5.41, 5.74) is 3.05. The van der Waals surface area contributed by atoms with Crippen LogP contribution in [0.15, 0.2) is 42.6 Å². The van der Waals surface area contributed by atoms with Crippen LogP contribution in [-0.4, -0.2) is 24.5 Å². The van der Waals surface area contributed by atoms with Gasteiger partial charge in [0.05, 0.1) is 0 Å². The zero-order chi connectivity index (χ0) is 13.2. The fraction of sp³-hybridized carbons (Fsp3) is 0.200. The van der Waals surface area contributed by atoms with E-state index >= 15 is 0 Å². The lowest BCUT2D eigenvalue weighted by Crippen LogP contribution is -2.27. The summed E-state index contributed by atoms with van der Waals surface area (Å²) in [6, 6.07) is 11.3. The molecule has 0 spiro atoms. The van der Waals surface area contributed by atoms with Crippen molar-refractivity contribution in [2.75, 3.05) is 23.8 Å². The summed E-state index contributed by atoms with van der Waals surface area (Å²) >= 11 is 0. The van der Waals surface area contributed by atoms with Gasteiger partial charge in [-0.1, -0.05) is 6.07 Å². The van der Waals surface area contributed by atoms with E-state index in [2.05, 4.69) is 10.3 Å². The molecule has 0 aliphatic carbocycles. The highest BCUT2D eigenvalue weighted by molar-refractivity contribution is 6.05. The number of amides is 1. The lowest BCUT2D eigenvalue weighted by atomic mass is 10.1. The van der Waals surface area contributed by atoms with E-state index in [-0.39, 0.29) is 5.91 Å². The SMILES string of the molecule is CN(C(=O)c1ccc2c(c1)CCN2)c1ccccn1. The maximum atomic E-state index is 12.4. The number of nitrogens with zero attached hydrogens (tertiary/aromatic N) is 2. The topological polar surface area (TPSA) is 45.2 Å². The normalized spacial score (nSPS) is 12.7. The van der Waals surface area contributed by atoms with E-state index in [1.54, 1.807) is 18.1 Å². The second-order valence-corrected chi connectivity index (χ2v) is 4.60. The molecule has 0 bridgehead atoms. The van der Waals surface area contributed by atoms with Crippen molar-refractivity contribution in [3.05, 3.63) is 53.7 Å². The van der Waals surface area contributed by atoms with E-state index in [1.165, 1.54) is 5.56 Å². The van der Waals surface area contributed by atoms with Crippen molar-refractivity contribution in [3.8, 4) is 0 Å². The van der Waals surface area contributed by atoms with Crippen LogP contribution < -0.4 is 10.2 Å². The van der Waals surface area contributed by atoms with Gasteiger partial charge in [0.15, 0.2) is 0 Å². The summed E-state index contributed by atoms with van der Waals surface area (Å²) in [7, 11) is 1.75. The maximum Gasteiger partial charge on any atom is 0.259 e. The van der Waals surface area contributed by atoms with Crippen molar-refractivity contribution in [2.24, 2.45) is 0 Å². The van der Waals surface area contributed by atoms with Crippen LogP contribution in [0.25, 0.3) is 0 Å². The first-order valence-electron chi connectivity index (χ1n) is 6.31. The number of fused-ring (bicyclic) bond motifs is 1. The Morgan fingerprint density at radius 1 is 1.32 bits per heavy atom. The van der Waals surface area contributed by atoms with Crippen molar-refractivity contribution in [1.29, 1.82) is 0 Å². The molecule has 1 amide bonds.